The van der Waals surface area contributed by atoms with Crippen molar-refractivity contribution in [2.45, 2.75) is 69.0 Å². The number of carbonyl (C=O) groups is 3. The first-order chi connectivity index (χ1) is 24.7. The van der Waals surface area contributed by atoms with Crippen molar-refractivity contribution in [2.24, 2.45) is 0 Å². The summed E-state index contributed by atoms with van der Waals surface area (Å²) in [5.41, 5.74) is 1.89. The number of carbonyl (C=O) groups excluding carboxylic acids is 3. The van der Waals surface area contributed by atoms with E-state index in [9.17, 15) is 40.7 Å². The SMILES string of the molecule is Nc1c(C(F)(F)F)cc(CC(NC(=O)N2CCC(N3CCc4ccccc4NC3=O)CC2)C(=O)N2CCN(C3CCOCC3)CC2)cc1C(F)(F)F. The van der Waals surface area contributed by atoms with Gasteiger partial charge in [-0.2, -0.15) is 26.3 Å². The Bertz CT molecular complexity index is 1580. The minimum absolute atomic E-state index is 0.167. The third-order valence-electron chi connectivity index (χ3n) is 10.6. The summed E-state index contributed by atoms with van der Waals surface area (Å²) in [6, 6.07) is 6.31. The maximum atomic E-state index is 14.0. The van der Waals surface area contributed by atoms with Gasteiger partial charge in [-0.15, -0.1) is 0 Å². The number of hydrogen-bond donors (Lipinski definition) is 3. The molecule has 4 N–H and O–H groups in total. The molecule has 0 aliphatic carbocycles. The largest absolute Gasteiger partial charge is 0.418 e. The predicted molar refractivity (Wildman–Crippen MR) is 179 cm³/mol. The normalized spacial score (nSPS) is 20.6. The molecular formula is C35H43F6N7O4. The first-order valence-corrected chi connectivity index (χ1v) is 17.6. The molecule has 284 valence electrons. The van der Waals surface area contributed by atoms with Crippen molar-refractivity contribution in [2.75, 3.05) is 70.1 Å². The molecule has 0 saturated carbocycles. The molecular weight excluding hydrogens is 696 g/mol. The molecule has 0 spiro atoms. The van der Waals surface area contributed by atoms with E-state index in [1.54, 1.807) is 4.90 Å². The summed E-state index contributed by atoms with van der Waals surface area (Å²) < 4.78 is 88.7. The fraction of sp³-hybridized carbons (Fsp3) is 0.571. The molecule has 4 heterocycles. The number of piperidine rings is 1. The third-order valence-corrected chi connectivity index (χ3v) is 10.6. The number of urea groups is 2. The van der Waals surface area contributed by atoms with Gasteiger partial charge in [-0.05, 0) is 61.4 Å². The summed E-state index contributed by atoms with van der Waals surface area (Å²) in [7, 11) is 0. The summed E-state index contributed by atoms with van der Waals surface area (Å²) in [5, 5.41) is 5.58. The number of nitrogens with two attached hydrogens (primary N) is 1. The van der Waals surface area contributed by atoms with Crippen molar-refractivity contribution in [1.82, 2.24) is 24.9 Å². The molecule has 3 saturated heterocycles. The molecule has 11 nitrogen and oxygen atoms in total. The minimum atomic E-state index is -5.19. The maximum Gasteiger partial charge on any atom is 0.418 e. The van der Waals surface area contributed by atoms with Crippen LogP contribution in [0.1, 0.15) is 47.9 Å². The third kappa shape index (κ3) is 8.51. The molecule has 6 rings (SSSR count). The lowest BCUT2D eigenvalue weighted by atomic mass is 9.96. The standard InChI is InChI=1S/C35H43F6N7O4/c36-34(37,38)26-19-22(20-27(30(26)42)35(39,40)41)21-29(31(49)46-15-13-45(14-16-46)24-8-17-52-18-9-24)44-32(50)47-10-6-25(7-11-47)48-12-5-23-3-1-2-4-28(23)43-33(48)51/h1-4,19-20,24-25,29H,5-18,21,42H2,(H,43,51)(H,44,50). The number of benzene rings is 2. The lowest BCUT2D eigenvalue weighted by Crippen LogP contribution is -2.59. The number of halogens is 6. The van der Waals surface area contributed by atoms with Crippen molar-refractivity contribution in [3.05, 3.63) is 58.7 Å². The fourth-order valence-corrected chi connectivity index (χ4v) is 7.67. The highest BCUT2D eigenvalue weighted by Gasteiger charge is 2.42. The summed E-state index contributed by atoms with van der Waals surface area (Å²) in [4.78, 5) is 47.7. The first-order valence-electron chi connectivity index (χ1n) is 17.6. The zero-order chi connectivity index (χ0) is 37.2. The number of anilines is 2. The van der Waals surface area contributed by atoms with Crippen molar-refractivity contribution in [1.29, 1.82) is 0 Å². The number of rotatable bonds is 6. The van der Waals surface area contributed by atoms with Gasteiger partial charge < -0.3 is 35.8 Å². The summed E-state index contributed by atoms with van der Waals surface area (Å²) in [5.74, 6) is -0.602. The molecule has 4 aliphatic rings. The first kappa shape index (κ1) is 37.5. The number of fused-ring (bicyclic) bond motifs is 1. The van der Waals surface area contributed by atoms with E-state index in [1.807, 2.05) is 24.3 Å². The van der Waals surface area contributed by atoms with Gasteiger partial charge in [-0.25, -0.2) is 9.59 Å². The van der Waals surface area contributed by atoms with E-state index >= 15 is 0 Å². The summed E-state index contributed by atoms with van der Waals surface area (Å²) in [6.07, 6.45) is -7.79. The zero-order valence-electron chi connectivity index (χ0n) is 28.6. The van der Waals surface area contributed by atoms with Crippen LogP contribution in [0.4, 0.5) is 47.3 Å². The van der Waals surface area contributed by atoms with Crippen LogP contribution < -0.4 is 16.4 Å². The lowest BCUT2D eigenvalue weighted by Gasteiger charge is -2.42. The molecule has 5 amide bonds. The van der Waals surface area contributed by atoms with Crippen LogP contribution in [0.25, 0.3) is 0 Å². The van der Waals surface area contributed by atoms with Gasteiger partial charge in [-0.3, -0.25) is 9.69 Å². The predicted octanol–water partition coefficient (Wildman–Crippen LogP) is 4.80. The van der Waals surface area contributed by atoms with E-state index in [4.69, 9.17) is 10.5 Å². The second-order valence-corrected chi connectivity index (χ2v) is 13.8. The number of nitrogens with zero attached hydrogens (tertiary/aromatic N) is 4. The highest BCUT2D eigenvalue weighted by atomic mass is 19.4. The Morgan fingerprint density at radius 2 is 1.46 bits per heavy atom. The maximum absolute atomic E-state index is 14.0. The van der Waals surface area contributed by atoms with Crippen molar-refractivity contribution in [3.8, 4) is 0 Å². The monoisotopic (exact) mass is 739 g/mol. The lowest BCUT2D eigenvalue weighted by molar-refractivity contribution is -0.141. The molecule has 0 radical (unpaired) electrons. The summed E-state index contributed by atoms with van der Waals surface area (Å²) in [6.45, 7) is 3.80. The molecule has 1 unspecified atom stereocenters. The van der Waals surface area contributed by atoms with Gasteiger partial charge in [-0.1, -0.05) is 18.2 Å². The molecule has 2 aromatic rings. The Balaban J connectivity index is 1.17. The number of hydrogen-bond acceptors (Lipinski definition) is 6. The fourth-order valence-electron chi connectivity index (χ4n) is 7.67. The molecule has 1 atom stereocenters. The van der Waals surface area contributed by atoms with Crippen LogP contribution in [0.15, 0.2) is 36.4 Å². The van der Waals surface area contributed by atoms with Crippen LogP contribution in [0.2, 0.25) is 0 Å². The molecule has 0 bridgehead atoms. The molecule has 2 aromatic carbocycles. The zero-order valence-corrected chi connectivity index (χ0v) is 28.6. The Hall–Kier alpha value is -4.25. The van der Waals surface area contributed by atoms with Crippen molar-refractivity contribution >= 4 is 29.3 Å². The van der Waals surface area contributed by atoms with Crippen molar-refractivity contribution < 1.29 is 45.5 Å². The van der Waals surface area contributed by atoms with Crippen LogP contribution in [-0.4, -0.2) is 115 Å². The Kier molecular flexibility index (Phi) is 11.1. The highest BCUT2D eigenvalue weighted by molar-refractivity contribution is 5.91. The van der Waals surface area contributed by atoms with Crippen LogP contribution in [-0.2, 0) is 34.7 Å². The number of amides is 5. The Labute approximate surface area is 297 Å². The van der Waals surface area contributed by atoms with Gasteiger partial charge in [0.25, 0.3) is 0 Å². The van der Waals surface area contributed by atoms with Crippen LogP contribution in [0.5, 0.6) is 0 Å². The molecule has 4 aliphatic heterocycles. The van der Waals surface area contributed by atoms with Gasteiger partial charge in [0.15, 0.2) is 0 Å². The van der Waals surface area contributed by atoms with Crippen LogP contribution in [0.3, 0.4) is 0 Å². The van der Waals surface area contributed by atoms with Gasteiger partial charge in [0.2, 0.25) is 5.91 Å². The topological polar surface area (TPSA) is 123 Å². The van der Waals surface area contributed by atoms with Crippen molar-refractivity contribution in [3.63, 3.8) is 0 Å². The van der Waals surface area contributed by atoms with Gasteiger partial charge in [0, 0.05) is 83.2 Å². The number of nitrogens with one attached hydrogen (secondary N) is 2. The number of para-hydroxylation sites is 1. The smallest absolute Gasteiger partial charge is 0.398 e. The van der Waals surface area contributed by atoms with Gasteiger partial charge in [0.1, 0.15) is 6.04 Å². The average molecular weight is 740 g/mol. The number of alkyl halides is 6. The average Bonchev–Trinajstić information content (AvgIpc) is 3.29. The van der Waals surface area contributed by atoms with Crippen LogP contribution in [0, 0.1) is 0 Å². The van der Waals surface area contributed by atoms with E-state index in [2.05, 4.69) is 15.5 Å². The number of nitrogen functional groups attached to an aromatic ring is 1. The minimum Gasteiger partial charge on any atom is -0.398 e. The van der Waals surface area contributed by atoms with Crippen LogP contribution >= 0.6 is 0 Å². The Morgan fingerprint density at radius 1 is 0.846 bits per heavy atom. The number of ether oxygens (including phenoxy) is 1. The van der Waals surface area contributed by atoms with E-state index in [0.29, 0.717) is 64.2 Å². The number of likely N-dealkylation sites (tertiary alicyclic amines) is 1. The quantitative estimate of drug-likeness (QED) is 0.289. The van der Waals surface area contributed by atoms with E-state index in [1.165, 1.54) is 9.80 Å². The van der Waals surface area contributed by atoms with E-state index in [-0.39, 0.29) is 44.3 Å². The summed E-state index contributed by atoms with van der Waals surface area (Å²) >= 11 is 0. The number of piperazine rings is 1. The van der Waals surface area contributed by atoms with E-state index in [0.717, 1.165) is 24.1 Å². The second-order valence-electron chi connectivity index (χ2n) is 13.8. The second kappa shape index (κ2) is 15.4. The highest BCUT2D eigenvalue weighted by Crippen LogP contribution is 2.42. The molecule has 3 fully saturated rings. The molecule has 0 aromatic heterocycles. The molecule has 52 heavy (non-hydrogen) atoms. The van der Waals surface area contributed by atoms with Gasteiger partial charge >= 0.3 is 24.4 Å². The molecule has 17 heteroatoms. The van der Waals surface area contributed by atoms with E-state index < -0.39 is 59.1 Å². The Morgan fingerprint density at radius 3 is 2.08 bits per heavy atom. The van der Waals surface area contributed by atoms with Gasteiger partial charge in [0.05, 0.1) is 16.8 Å².